The molecule has 1 fully saturated rings. The molecule has 2 N–H and O–H groups in total. The van der Waals surface area contributed by atoms with Crippen molar-refractivity contribution in [3.8, 4) is 0 Å². The number of hydrogen-bond acceptors (Lipinski definition) is 2. The van der Waals surface area contributed by atoms with Gasteiger partial charge in [0, 0.05) is 24.7 Å². The van der Waals surface area contributed by atoms with Crippen molar-refractivity contribution in [2.24, 2.45) is 5.73 Å². The fourth-order valence-corrected chi connectivity index (χ4v) is 3.04. The molecule has 1 aromatic rings. The predicted octanol–water partition coefficient (Wildman–Crippen LogP) is 4.30. The topological polar surface area (TPSA) is 35.2 Å². The Morgan fingerprint density at radius 1 is 1.27 bits per heavy atom. The smallest absolute Gasteiger partial charge is 0.381 e. The molecule has 2 rings (SSSR count). The molecule has 1 aliphatic heterocycles. The van der Waals surface area contributed by atoms with Gasteiger partial charge in [-0.05, 0) is 37.3 Å². The lowest BCUT2D eigenvalue weighted by Crippen LogP contribution is -2.39. The Hall–Kier alpha value is -0.780. The lowest BCUT2D eigenvalue weighted by molar-refractivity contribution is -0.137. The highest BCUT2D eigenvalue weighted by molar-refractivity contribution is 5.85. The molecule has 22 heavy (non-hydrogen) atoms. The number of ether oxygens (including phenoxy) is 1. The van der Waals surface area contributed by atoms with Gasteiger partial charge in [0.2, 0.25) is 0 Å². The molecule has 0 saturated carbocycles. The third-order valence-electron chi connectivity index (χ3n) is 4.43. The van der Waals surface area contributed by atoms with Gasteiger partial charge < -0.3 is 10.5 Å². The largest absolute Gasteiger partial charge is 0.416 e. The Bertz CT molecular complexity index is 473. The lowest BCUT2D eigenvalue weighted by atomic mass is 9.69. The monoisotopic (exact) mass is 337 g/mol. The van der Waals surface area contributed by atoms with E-state index in [9.17, 15) is 13.2 Å². The summed E-state index contributed by atoms with van der Waals surface area (Å²) in [6, 6.07) is 5.69. The number of nitrogens with two attached hydrogens (primary N) is 1. The Morgan fingerprint density at radius 3 is 2.45 bits per heavy atom. The molecule has 0 radical (unpaired) electrons. The molecule has 2 nitrogen and oxygen atoms in total. The van der Waals surface area contributed by atoms with Crippen LogP contribution in [-0.4, -0.2) is 19.3 Å². The summed E-state index contributed by atoms with van der Waals surface area (Å²) in [5, 5.41) is 0. The zero-order valence-corrected chi connectivity index (χ0v) is 13.5. The van der Waals surface area contributed by atoms with Crippen LogP contribution < -0.4 is 5.73 Å². The molecule has 0 aromatic heterocycles. The molecule has 0 bridgehead atoms. The number of halogens is 4. The average Bonchev–Trinajstić information content (AvgIpc) is 2.47. The number of benzene rings is 1. The zero-order chi connectivity index (χ0) is 15.5. The van der Waals surface area contributed by atoms with E-state index in [1.165, 1.54) is 12.1 Å². The van der Waals surface area contributed by atoms with E-state index < -0.39 is 11.7 Å². The van der Waals surface area contributed by atoms with Crippen LogP contribution in [0.1, 0.15) is 43.7 Å². The summed E-state index contributed by atoms with van der Waals surface area (Å²) in [4.78, 5) is 0. The third-order valence-corrected chi connectivity index (χ3v) is 4.43. The fourth-order valence-electron chi connectivity index (χ4n) is 3.04. The second kappa shape index (κ2) is 7.66. The van der Waals surface area contributed by atoms with E-state index in [0.717, 1.165) is 30.9 Å². The second-order valence-electron chi connectivity index (χ2n) is 5.84. The molecular weight excluding hydrogens is 315 g/mol. The maximum Gasteiger partial charge on any atom is 0.416 e. The first-order valence-corrected chi connectivity index (χ1v) is 7.38. The van der Waals surface area contributed by atoms with Crippen molar-refractivity contribution in [2.45, 2.75) is 50.2 Å². The highest BCUT2D eigenvalue weighted by Gasteiger charge is 2.38. The van der Waals surface area contributed by atoms with Gasteiger partial charge in [0.15, 0.2) is 0 Å². The normalized spacial score (nSPS) is 19.3. The van der Waals surface area contributed by atoms with Gasteiger partial charge in [0.1, 0.15) is 0 Å². The molecular formula is C16H23ClF3NO. The van der Waals surface area contributed by atoms with E-state index in [2.05, 4.69) is 0 Å². The van der Waals surface area contributed by atoms with Crippen molar-refractivity contribution in [1.29, 1.82) is 0 Å². The van der Waals surface area contributed by atoms with Gasteiger partial charge in [-0.2, -0.15) is 13.2 Å². The van der Waals surface area contributed by atoms with Gasteiger partial charge in [-0.25, -0.2) is 0 Å². The summed E-state index contributed by atoms with van der Waals surface area (Å²) in [6.45, 7) is 3.16. The summed E-state index contributed by atoms with van der Waals surface area (Å²) >= 11 is 0. The van der Waals surface area contributed by atoms with Crippen molar-refractivity contribution < 1.29 is 17.9 Å². The first kappa shape index (κ1) is 19.3. The highest BCUT2D eigenvalue weighted by Crippen LogP contribution is 2.41. The van der Waals surface area contributed by atoms with Crippen molar-refractivity contribution in [3.63, 3.8) is 0 Å². The van der Waals surface area contributed by atoms with Gasteiger partial charge in [-0.1, -0.05) is 25.1 Å². The number of rotatable bonds is 4. The highest BCUT2D eigenvalue weighted by atomic mass is 35.5. The molecule has 0 spiro atoms. The number of hydrogen-bond donors (Lipinski definition) is 1. The summed E-state index contributed by atoms with van der Waals surface area (Å²) < 4.78 is 44.2. The molecule has 1 saturated heterocycles. The Labute approximate surface area is 135 Å². The Kier molecular flexibility index (Phi) is 6.71. The van der Waals surface area contributed by atoms with E-state index in [-0.39, 0.29) is 23.9 Å². The lowest BCUT2D eigenvalue weighted by Gasteiger charge is -2.39. The van der Waals surface area contributed by atoms with Gasteiger partial charge in [-0.3, -0.25) is 0 Å². The molecule has 6 heteroatoms. The third kappa shape index (κ3) is 4.37. The minimum Gasteiger partial charge on any atom is -0.381 e. The summed E-state index contributed by atoms with van der Waals surface area (Å²) in [7, 11) is 0. The second-order valence-corrected chi connectivity index (χ2v) is 5.84. The van der Waals surface area contributed by atoms with Crippen LogP contribution in [0.5, 0.6) is 0 Å². The van der Waals surface area contributed by atoms with Gasteiger partial charge in [-0.15, -0.1) is 12.4 Å². The molecule has 0 aliphatic carbocycles. The molecule has 0 amide bonds. The minimum atomic E-state index is -4.31. The summed E-state index contributed by atoms with van der Waals surface area (Å²) in [6.07, 6.45) is -1.34. The van der Waals surface area contributed by atoms with Crippen molar-refractivity contribution in [1.82, 2.24) is 0 Å². The number of alkyl halides is 3. The van der Waals surface area contributed by atoms with Gasteiger partial charge in [0.05, 0.1) is 5.56 Å². The van der Waals surface area contributed by atoms with E-state index in [1.54, 1.807) is 6.07 Å². The first-order valence-electron chi connectivity index (χ1n) is 7.38. The maximum atomic E-state index is 12.9. The predicted molar refractivity (Wildman–Crippen MR) is 83.3 cm³/mol. The van der Waals surface area contributed by atoms with Gasteiger partial charge >= 0.3 is 6.18 Å². The van der Waals surface area contributed by atoms with Crippen LogP contribution in [0.4, 0.5) is 13.2 Å². The molecule has 1 heterocycles. The van der Waals surface area contributed by atoms with Crippen LogP contribution in [0.3, 0.4) is 0 Å². The SMILES string of the molecule is CCC(N)CC1(c2cccc(C(F)(F)F)c2)CCOCC1.Cl. The van der Waals surface area contributed by atoms with Crippen molar-refractivity contribution >= 4 is 12.4 Å². The Balaban J connectivity index is 0.00000242. The van der Waals surface area contributed by atoms with Crippen LogP contribution in [0.15, 0.2) is 24.3 Å². The Morgan fingerprint density at radius 2 is 1.91 bits per heavy atom. The van der Waals surface area contributed by atoms with Crippen LogP contribution in [0, 0.1) is 0 Å². The standard InChI is InChI=1S/C16H22F3NO.ClH/c1-2-14(20)11-15(6-8-21-9-7-15)12-4-3-5-13(10-12)16(17,18)19;/h3-5,10,14H,2,6-9,11,20H2,1H3;1H. The summed E-state index contributed by atoms with van der Waals surface area (Å²) in [5.74, 6) is 0. The quantitative estimate of drug-likeness (QED) is 0.889. The zero-order valence-electron chi connectivity index (χ0n) is 12.7. The van der Waals surface area contributed by atoms with Crippen LogP contribution >= 0.6 is 12.4 Å². The average molecular weight is 338 g/mol. The van der Waals surface area contributed by atoms with Crippen LogP contribution in [-0.2, 0) is 16.3 Å². The van der Waals surface area contributed by atoms with Crippen molar-refractivity contribution in [3.05, 3.63) is 35.4 Å². The van der Waals surface area contributed by atoms with Gasteiger partial charge in [0.25, 0.3) is 0 Å². The molecule has 1 aromatic carbocycles. The maximum absolute atomic E-state index is 12.9. The first-order chi connectivity index (χ1) is 9.87. The van der Waals surface area contributed by atoms with Crippen molar-refractivity contribution in [2.75, 3.05) is 13.2 Å². The summed E-state index contributed by atoms with van der Waals surface area (Å²) in [5.41, 5.74) is 5.94. The molecule has 1 unspecified atom stereocenters. The van der Waals surface area contributed by atoms with Crippen LogP contribution in [0.2, 0.25) is 0 Å². The molecule has 1 atom stereocenters. The minimum absolute atomic E-state index is 0. The van der Waals surface area contributed by atoms with E-state index in [1.807, 2.05) is 6.92 Å². The van der Waals surface area contributed by atoms with Crippen LogP contribution in [0.25, 0.3) is 0 Å². The van der Waals surface area contributed by atoms with E-state index in [4.69, 9.17) is 10.5 Å². The van der Waals surface area contributed by atoms with E-state index in [0.29, 0.717) is 19.6 Å². The van der Waals surface area contributed by atoms with E-state index >= 15 is 0 Å². The molecule has 1 aliphatic rings. The molecule has 126 valence electrons. The fraction of sp³-hybridized carbons (Fsp3) is 0.625.